The Kier molecular flexibility index (Phi) is 4.19. The molecule has 0 radical (unpaired) electrons. The molecule has 13 heavy (non-hydrogen) atoms. The van der Waals surface area contributed by atoms with Crippen molar-refractivity contribution >= 4 is 0 Å². The molecule has 1 fully saturated rings. The first-order chi connectivity index (χ1) is 6.29. The van der Waals surface area contributed by atoms with E-state index in [-0.39, 0.29) is 12.1 Å². The lowest BCUT2D eigenvalue weighted by atomic mass is 9.94. The van der Waals surface area contributed by atoms with Gasteiger partial charge in [0.15, 0.2) is 0 Å². The van der Waals surface area contributed by atoms with Crippen LogP contribution in [-0.4, -0.2) is 22.4 Å². The molecule has 0 bridgehead atoms. The number of piperidine rings is 1. The van der Waals surface area contributed by atoms with Crippen molar-refractivity contribution in [2.45, 2.75) is 44.2 Å². The van der Waals surface area contributed by atoms with Crippen LogP contribution in [0.5, 0.6) is 0 Å². The molecule has 0 aromatic rings. The third-order valence-electron chi connectivity index (χ3n) is 2.70. The van der Waals surface area contributed by atoms with Crippen molar-refractivity contribution in [1.29, 1.82) is 0 Å². The molecular formula is C11H19NO. The van der Waals surface area contributed by atoms with Crippen LogP contribution in [0.1, 0.15) is 32.1 Å². The summed E-state index contributed by atoms with van der Waals surface area (Å²) in [5.74, 6) is 0. The van der Waals surface area contributed by atoms with Crippen molar-refractivity contribution in [1.82, 2.24) is 5.06 Å². The Hall–Kier alpha value is -0.600. The van der Waals surface area contributed by atoms with Gasteiger partial charge in [0.1, 0.15) is 0 Å². The van der Waals surface area contributed by atoms with E-state index in [0.29, 0.717) is 0 Å². The molecule has 0 saturated carbocycles. The number of nitrogens with zero attached hydrogens (tertiary/aromatic N) is 1. The summed E-state index contributed by atoms with van der Waals surface area (Å²) in [6.07, 6.45) is 8.88. The van der Waals surface area contributed by atoms with E-state index in [2.05, 4.69) is 13.2 Å². The summed E-state index contributed by atoms with van der Waals surface area (Å²) >= 11 is 0. The Morgan fingerprint density at radius 2 is 1.62 bits per heavy atom. The predicted octanol–water partition coefficient (Wildman–Crippen LogP) is 2.75. The zero-order valence-corrected chi connectivity index (χ0v) is 8.15. The molecule has 2 nitrogen and oxygen atoms in total. The maximum atomic E-state index is 9.83. The van der Waals surface area contributed by atoms with Gasteiger partial charge in [-0.3, -0.25) is 0 Å². The van der Waals surface area contributed by atoms with Crippen molar-refractivity contribution in [2.75, 3.05) is 0 Å². The van der Waals surface area contributed by atoms with Gasteiger partial charge in [0, 0.05) is 12.1 Å². The minimum atomic E-state index is 0.274. The van der Waals surface area contributed by atoms with E-state index in [1.54, 1.807) is 0 Å². The highest BCUT2D eigenvalue weighted by molar-refractivity contribution is 4.87. The summed E-state index contributed by atoms with van der Waals surface area (Å²) in [6, 6.07) is 0.549. The van der Waals surface area contributed by atoms with E-state index < -0.39 is 0 Å². The first kappa shape index (κ1) is 10.5. The highest BCUT2D eigenvalue weighted by Gasteiger charge is 2.27. The van der Waals surface area contributed by atoms with Crippen LogP contribution in [0.4, 0.5) is 0 Å². The summed E-state index contributed by atoms with van der Waals surface area (Å²) in [7, 11) is 0. The van der Waals surface area contributed by atoms with Gasteiger partial charge in [-0.25, -0.2) is 0 Å². The summed E-state index contributed by atoms with van der Waals surface area (Å²) in [5.41, 5.74) is 0. The Bertz CT molecular complexity index is 161. The van der Waals surface area contributed by atoms with Crippen LogP contribution in [0.3, 0.4) is 0 Å². The van der Waals surface area contributed by atoms with Crippen LogP contribution in [0.2, 0.25) is 0 Å². The minimum absolute atomic E-state index is 0.274. The first-order valence-electron chi connectivity index (χ1n) is 4.98. The predicted molar refractivity (Wildman–Crippen MR) is 54.7 cm³/mol. The maximum absolute atomic E-state index is 9.83. The number of hydroxylamine groups is 2. The van der Waals surface area contributed by atoms with Crippen LogP contribution in [0.15, 0.2) is 25.3 Å². The number of rotatable bonds is 4. The molecule has 0 spiro atoms. The Labute approximate surface area is 80.5 Å². The molecule has 1 rings (SSSR count). The van der Waals surface area contributed by atoms with E-state index in [1.807, 2.05) is 12.2 Å². The fourth-order valence-corrected chi connectivity index (χ4v) is 1.99. The largest absolute Gasteiger partial charge is 0.313 e. The van der Waals surface area contributed by atoms with E-state index in [1.165, 1.54) is 11.5 Å². The zero-order chi connectivity index (χ0) is 9.68. The minimum Gasteiger partial charge on any atom is -0.313 e. The molecule has 0 aliphatic carbocycles. The standard InChI is InChI=1S/C11H19NO/c1-3-6-10-8-5-9-11(7-4-2)12(10)13/h3-4,10-11,13H,1-2,5-9H2. The van der Waals surface area contributed by atoms with Crippen LogP contribution in [-0.2, 0) is 0 Å². The second-order valence-electron chi connectivity index (χ2n) is 3.67. The molecule has 1 heterocycles. The van der Waals surface area contributed by atoms with Gasteiger partial charge >= 0.3 is 0 Å². The van der Waals surface area contributed by atoms with Crippen LogP contribution in [0, 0.1) is 0 Å². The molecule has 74 valence electrons. The average molecular weight is 181 g/mol. The third-order valence-corrected chi connectivity index (χ3v) is 2.70. The van der Waals surface area contributed by atoms with Crippen LogP contribution < -0.4 is 0 Å². The fraction of sp³-hybridized carbons (Fsp3) is 0.636. The number of hydrogen-bond donors (Lipinski definition) is 1. The van der Waals surface area contributed by atoms with Crippen molar-refractivity contribution in [3.05, 3.63) is 25.3 Å². The van der Waals surface area contributed by atoms with Gasteiger partial charge in [-0.1, -0.05) is 18.6 Å². The second kappa shape index (κ2) is 5.20. The quantitative estimate of drug-likeness (QED) is 0.674. The van der Waals surface area contributed by atoms with Crippen molar-refractivity contribution in [3.8, 4) is 0 Å². The normalized spacial score (nSPS) is 29.9. The summed E-state index contributed by atoms with van der Waals surface area (Å²) in [5, 5.41) is 11.3. The topological polar surface area (TPSA) is 23.5 Å². The monoisotopic (exact) mass is 181 g/mol. The fourth-order valence-electron chi connectivity index (χ4n) is 1.99. The summed E-state index contributed by atoms with van der Waals surface area (Å²) < 4.78 is 0. The van der Waals surface area contributed by atoms with Crippen molar-refractivity contribution in [2.24, 2.45) is 0 Å². The van der Waals surface area contributed by atoms with Gasteiger partial charge in [-0.2, -0.15) is 5.06 Å². The molecule has 1 N–H and O–H groups in total. The van der Waals surface area contributed by atoms with E-state index in [9.17, 15) is 5.21 Å². The molecule has 1 aliphatic heterocycles. The highest BCUT2D eigenvalue weighted by atomic mass is 16.5. The molecule has 2 atom stereocenters. The Morgan fingerprint density at radius 1 is 1.15 bits per heavy atom. The SMILES string of the molecule is C=CCC1CCCC(CC=C)N1O. The van der Waals surface area contributed by atoms with Crippen molar-refractivity contribution < 1.29 is 5.21 Å². The molecule has 2 heteroatoms. The maximum Gasteiger partial charge on any atom is 0.0387 e. The van der Waals surface area contributed by atoms with Gasteiger partial charge < -0.3 is 5.21 Å². The molecule has 0 aromatic carbocycles. The smallest absolute Gasteiger partial charge is 0.0387 e. The van der Waals surface area contributed by atoms with Crippen molar-refractivity contribution in [3.63, 3.8) is 0 Å². The Morgan fingerprint density at radius 3 is 2.00 bits per heavy atom. The lowest BCUT2D eigenvalue weighted by molar-refractivity contribution is -0.175. The molecule has 0 amide bonds. The van der Waals surface area contributed by atoms with E-state index >= 15 is 0 Å². The van der Waals surface area contributed by atoms with Gasteiger partial charge in [0.2, 0.25) is 0 Å². The van der Waals surface area contributed by atoms with E-state index in [4.69, 9.17) is 0 Å². The van der Waals surface area contributed by atoms with Gasteiger partial charge in [0.25, 0.3) is 0 Å². The molecule has 1 aliphatic rings. The molecule has 2 unspecified atom stereocenters. The molecule has 0 aromatic heterocycles. The first-order valence-corrected chi connectivity index (χ1v) is 4.98. The third kappa shape index (κ3) is 2.68. The summed E-state index contributed by atoms with van der Waals surface area (Å²) in [4.78, 5) is 0. The second-order valence-corrected chi connectivity index (χ2v) is 3.67. The lowest BCUT2D eigenvalue weighted by Crippen LogP contribution is -2.43. The van der Waals surface area contributed by atoms with E-state index in [0.717, 1.165) is 25.7 Å². The number of hydrogen-bond acceptors (Lipinski definition) is 2. The van der Waals surface area contributed by atoms with Crippen LogP contribution >= 0.6 is 0 Å². The van der Waals surface area contributed by atoms with Gasteiger partial charge in [-0.05, 0) is 25.7 Å². The average Bonchev–Trinajstić information content (AvgIpc) is 2.13. The van der Waals surface area contributed by atoms with Gasteiger partial charge in [0.05, 0.1) is 0 Å². The van der Waals surface area contributed by atoms with Gasteiger partial charge in [-0.15, -0.1) is 13.2 Å². The molecule has 1 saturated heterocycles. The Balaban J connectivity index is 2.48. The summed E-state index contributed by atoms with van der Waals surface area (Å²) in [6.45, 7) is 7.40. The zero-order valence-electron chi connectivity index (χ0n) is 8.15. The highest BCUT2D eigenvalue weighted by Crippen LogP contribution is 2.25. The molecular weight excluding hydrogens is 162 g/mol. The van der Waals surface area contributed by atoms with Crippen LogP contribution in [0.25, 0.3) is 0 Å². The lowest BCUT2D eigenvalue weighted by Gasteiger charge is -2.36.